The van der Waals surface area contributed by atoms with Crippen molar-refractivity contribution in [2.45, 2.75) is 32.3 Å². The van der Waals surface area contributed by atoms with Gasteiger partial charge >= 0.3 is 0 Å². The molecule has 1 aromatic rings. The van der Waals surface area contributed by atoms with Crippen molar-refractivity contribution in [1.82, 2.24) is 10.6 Å². The largest absolute Gasteiger partial charge is 0.379 e. The summed E-state index contributed by atoms with van der Waals surface area (Å²) in [7, 11) is 0. The lowest BCUT2D eigenvalue weighted by atomic mass is 10.1. The quantitative estimate of drug-likeness (QED) is 0.405. The predicted octanol–water partition coefficient (Wildman–Crippen LogP) is 2.26. The summed E-state index contributed by atoms with van der Waals surface area (Å²) >= 11 is 0. The van der Waals surface area contributed by atoms with Crippen molar-refractivity contribution in [1.29, 1.82) is 0 Å². The predicted molar refractivity (Wildman–Crippen MR) is 93.8 cm³/mol. The molecule has 5 nitrogen and oxygen atoms in total. The van der Waals surface area contributed by atoms with E-state index in [4.69, 9.17) is 9.47 Å². The lowest BCUT2D eigenvalue weighted by molar-refractivity contribution is 0.0424. The third kappa shape index (κ3) is 6.96. The first-order chi connectivity index (χ1) is 12.2. The molecule has 0 amide bonds. The van der Waals surface area contributed by atoms with Gasteiger partial charge in [0.25, 0.3) is 0 Å². The lowest BCUT2D eigenvalue weighted by Gasteiger charge is -2.12. The molecule has 1 heterocycles. The van der Waals surface area contributed by atoms with Crippen molar-refractivity contribution < 1.29 is 18.3 Å². The molecule has 1 fully saturated rings. The van der Waals surface area contributed by atoms with Crippen LogP contribution < -0.4 is 10.6 Å². The summed E-state index contributed by atoms with van der Waals surface area (Å²) in [6.07, 6.45) is 2.39. The third-order valence-corrected chi connectivity index (χ3v) is 3.88. The molecule has 1 saturated heterocycles. The van der Waals surface area contributed by atoms with Crippen LogP contribution in [0.3, 0.4) is 0 Å². The Morgan fingerprint density at radius 3 is 3.00 bits per heavy atom. The molecule has 140 valence electrons. The molecule has 25 heavy (non-hydrogen) atoms. The summed E-state index contributed by atoms with van der Waals surface area (Å²) in [4.78, 5) is 4.46. The minimum atomic E-state index is -0.814. The number of guanidine groups is 1. The van der Waals surface area contributed by atoms with Crippen LogP contribution in [0.25, 0.3) is 0 Å². The topological polar surface area (TPSA) is 54.9 Å². The molecule has 1 atom stereocenters. The van der Waals surface area contributed by atoms with E-state index in [-0.39, 0.29) is 6.10 Å². The normalized spacial score (nSPS) is 17.7. The first-order valence-electron chi connectivity index (χ1n) is 8.85. The van der Waals surface area contributed by atoms with Gasteiger partial charge in [-0.25, -0.2) is 8.78 Å². The van der Waals surface area contributed by atoms with E-state index in [0.717, 1.165) is 32.1 Å². The number of hydrogen-bond acceptors (Lipinski definition) is 3. The van der Waals surface area contributed by atoms with E-state index in [0.29, 0.717) is 44.2 Å². The molecule has 0 aliphatic carbocycles. The van der Waals surface area contributed by atoms with Gasteiger partial charge in [0.05, 0.1) is 12.7 Å². The Labute approximate surface area is 147 Å². The van der Waals surface area contributed by atoms with Crippen LogP contribution in [-0.4, -0.2) is 51.5 Å². The zero-order valence-corrected chi connectivity index (χ0v) is 14.7. The molecule has 0 radical (unpaired) electrons. The fourth-order valence-corrected chi connectivity index (χ4v) is 2.55. The van der Waals surface area contributed by atoms with Crippen molar-refractivity contribution >= 4 is 5.96 Å². The molecule has 2 N–H and O–H groups in total. The smallest absolute Gasteiger partial charge is 0.191 e. The Morgan fingerprint density at radius 1 is 1.36 bits per heavy atom. The van der Waals surface area contributed by atoms with Crippen LogP contribution in [0, 0.1) is 11.6 Å². The lowest BCUT2D eigenvalue weighted by Crippen LogP contribution is -2.38. The Bertz CT molecular complexity index is 549. The molecule has 1 aliphatic rings. The highest BCUT2D eigenvalue weighted by Crippen LogP contribution is 2.11. The van der Waals surface area contributed by atoms with Crippen molar-refractivity contribution in [2.24, 2.45) is 4.99 Å². The van der Waals surface area contributed by atoms with Gasteiger partial charge in [0, 0.05) is 32.8 Å². The molecule has 1 aliphatic heterocycles. The first kappa shape index (κ1) is 19.6. The molecule has 0 saturated carbocycles. The molecule has 2 rings (SSSR count). The number of aliphatic imine (C=N–C) groups is 1. The van der Waals surface area contributed by atoms with Crippen LogP contribution in [0.2, 0.25) is 0 Å². The van der Waals surface area contributed by atoms with E-state index in [2.05, 4.69) is 15.6 Å². The maximum absolute atomic E-state index is 13.6. The maximum Gasteiger partial charge on any atom is 0.191 e. The van der Waals surface area contributed by atoms with E-state index >= 15 is 0 Å². The highest BCUT2D eigenvalue weighted by molar-refractivity contribution is 5.79. The standard InChI is InChI=1S/C18H27F2N3O2/c1-2-21-18(22-9-4-11-25-15-8-12-24-13-15)23-10-7-14-5-3-6-16(19)17(14)20/h3,5-6,15H,2,4,7-13H2,1H3,(H2,21,22,23). The fraction of sp³-hybridized carbons (Fsp3) is 0.611. The van der Waals surface area contributed by atoms with Gasteiger partial charge in [-0.2, -0.15) is 0 Å². The summed E-state index contributed by atoms with van der Waals surface area (Å²) in [5.41, 5.74) is 0.357. The Morgan fingerprint density at radius 2 is 2.24 bits per heavy atom. The van der Waals surface area contributed by atoms with Gasteiger partial charge in [-0.05, 0) is 37.8 Å². The Kier molecular flexibility index (Phi) is 8.62. The van der Waals surface area contributed by atoms with Crippen LogP contribution in [0.4, 0.5) is 8.78 Å². The second kappa shape index (κ2) is 11.0. The number of hydrogen-bond donors (Lipinski definition) is 2. The maximum atomic E-state index is 13.6. The summed E-state index contributed by atoms with van der Waals surface area (Å²) in [5, 5.41) is 6.27. The van der Waals surface area contributed by atoms with Gasteiger partial charge in [-0.15, -0.1) is 0 Å². The van der Waals surface area contributed by atoms with E-state index in [1.54, 1.807) is 6.07 Å². The van der Waals surface area contributed by atoms with Crippen molar-refractivity contribution in [3.63, 3.8) is 0 Å². The number of benzene rings is 1. The highest BCUT2D eigenvalue weighted by Gasteiger charge is 2.15. The van der Waals surface area contributed by atoms with E-state index in [9.17, 15) is 8.78 Å². The van der Waals surface area contributed by atoms with Gasteiger partial charge in [-0.3, -0.25) is 4.99 Å². The zero-order valence-electron chi connectivity index (χ0n) is 14.7. The Hall–Kier alpha value is -1.73. The molecule has 0 aromatic heterocycles. The van der Waals surface area contributed by atoms with Crippen LogP contribution >= 0.6 is 0 Å². The number of ether oxygens (including phenoxy) is 2. The third-order valence-electron chi connectivity index (χ3n) is 3.88. The minimum absolute atomic E-state index is 0.219. The SMILES string of the molecule is CCNC(=NCCCOC1CCOC1)NCCc1cccc(F)c1F. The summed E-state index contributed by atoms with van der Waals surface area (Å²) < 4.78 is 37.8. The van der Waals surface area contributed by atoms with Crippen molar-refractivity contribution in [3.8, 4) is 0 Å². The molecule has 1 unspecified atom stereocenters. The average molecular weight is 355 g/mol. The van der Waals surface area contributed by atoms with E-state index in [1.165, 1.54) is 6.07 Å². The molecule has 0 spiro atoms. The van der Waals surface area contributed by atoms with E-state index in [1.807, 2.05) is 6.92 Å². The number of halogens is 2. The number of nitrogens with zero attached hydrogens (tertiary/aromatic N) is 1. The molecule has 1 aromatic carbocycles. The zero-order chi connectivity index (χ0) is 17.9. The second-order valence-electron chi connectivity index (χ2n) is 5.86. The molecular weight excluding hydrogens is 328 g/mol. The van der Waals surface area contributed by atoms with Gasteiger partial charge in [0.15, 0.2) is 17.6 Å². The Balaban J connectivity index is 1.68. The molecule has 7 heteroatoms. The van der Waals surface area contributed by atoms with Crippen LogP contribution in [0.15, 0.2) is 23.2 Å². The van der Waals surface area contributed by atoms with Crippen molar-refractivity contribution in [3.05, 3.63) is 35.4 Å². The average Bonchev–Trinajstić information content (AvgIpc) is 3.11. The number of rotatable bonds is 9. The van der Waals surface area contributed by atoms with Gasteiger partial charge in [0.2, 0.25) is 0 Å². The van der Waals surface area contributed by atoms with Gasteiger partial charge in [-0.1, -0.05) is 12.1 Å². The summed E-state index contributed by atoms with van der Waals surface area (Å²) in [6, 6.07) is 4.23. The van der Waals surface area contributed by atoms with Crippen LogP contribution in [-0.2, 0) is 15.9 Å². The van der Waals surface area contributed by atoms with Gasteiger partial charge < -0.3 is 20.1 Å². The molecule has 0 bridgehead atoms. The van der Waals surface area contributed by atoms with Crippen molar-refractivity contribution in [2.75, 3.05) is 39.5 Å². The summed E-state index contributed by atoms with van der Waals surface area (Å²) in [6.45, 7) is 5.95. The van der Waals surface area contributed by atoms with Crippen LogP contribution in [0.1, 0.15) is 25.3 Å². The van der Waals surface area contributed by atoms with E-state index < -0.39 is 11.6 Å². The molecular formula is C18H27F2N3O2. The van der Waals surface area contributed by atoms with Gasteiger partial charge in [0.1, 0.15) is 0 Å². The monoisotopic (exact) mass is 355 g/mol. The minimum Gasteiger partial charge on any atom is -0.379 e. The number of nitrogens with one attached hydrogen (secondary N) is 2. The highest BCUT2D eigenvalue weighted by atomic mass is 19.2. The second-order valence-corrected chi connectivity index (χ2v) is 5.86. The van der Waals surface area contributed by atoms with Crippen LogP contribution in [0.5, 0.6) is 0 Å². The summed E-state index contributed by atoms with van der Waals surface area (Å²) in [5.74, 6) is -0.923. The first-order valence-corrected chi connectivity index (χ1v) is 8.85. The fourth-order valence-electron chi connectivity index (χ4n) is 2.55.